The molecule has 3 nitrogen and oxygen atoms in total. The summed E-state index contributed by atoms with van der Waals surface area (Å²) in [5, 5.41) is 20.1. The summed E-state index contributed by atoms with van der Waals surface area (Å²) >= 11 is 0. The van der Waals surface area contributed by atoms with Crippen LogP contribution in [0, 0.1) is 0 Å². The summed E-state index contributed by atoms with van der Waals surface area (Å²) in [6, 6.07) is 7.01. The molecular formula is C13H10O3. The van der Waals surface area contributed by atoms with Gasteiger partial charge in [0.1, 0.15) is 6.10 Å². The number of aliphatic hydroxyl groups excluding tert-OH is 1. The monoisotopic (exact) mass is 214 g/mol. The second kappa shape index (κ2) is 2.90. The fourth-order valence-corrected chi connectivity index (χ4v) is 2.36. The second-order valence-corrected chi connectivity index (χ2v) is 4.05. The molecule has 0 aliphatic heterocycles. The van der Waals surface area contributed by atoms with Crippen LogP contribution in [0.3, 0.4) is 0 Å². The highest BCUT2D eigenvalue weighted by atomic mass is 16.3. The molecule has 0 unspecified atom stereocenters. The van der Waals surface area contributed by atoms with Gasteiger partial charge in [0.25, 0.3) is 0 Å². The molecule has 3 heteroatoms. The lowest BCUT2D eigenvalue weighted by Crippen LogP contribution is -2.47. The van der Waals surface area contributed by atoms with E-state index in [4.69, 9.17) is 0 Å². The fraction of sp³-hybridized carbons (Fsp3) is 0.154. The summed E-state index contributed by atoms with van der Waals surface area (Å²) in [5.41, 5.74) is -0.126. The van der Waals surface area contributed by atoms with Gasteiger partial charge >= 0.3 is 0 Å². The van der Waals surface area contributed by atoms with Crippen molar-refractivity contribution < 1.29 is 15.0 Å². The lowest BCUT2D eigenvalue weighted by atomic mass is 9.84. The highest BCUT2D eigenvalue weighted by molar-refractivity contribution is 6.20. The van der Waals surface area contributed by atoms with Crippen LogP contribution >= 0.6 is 0 Å². The van der Waals surface area contributed by atoms with E-state index in [2.05, 4.69) is 0 Å². The number of fused-ring (bicyclic) bond motifs is 3. The normalized spacial score (nSPS) is 31.0. The maximum absolute atomic E-state index is 12.1. The first-order valence-corrected chi connectivity index (χ1v) is 5.09. The van der Waals surface area contributed by atoms with Crippen LogP contribution < -0.4 is 0 Å². The molecule has 1 aromatic carbocycles. The first-order chi connectivity index (χ1) is 7.65. The van der Waals surface area contributed by atoms with E-state index >= 15 is 0 Å². The molecule has 16 heavy (non-hydrogen) atoms. The topological polar surface area (TPSA) is 57.5 Å². The first-order valence-electron chi connectivity index (χ1n) is 5.09. The van der Waals surface area contributed by atoms with Crippen LogP contribution in [-0.2, 0) is 0 Å². The van der Waals surface area contributed by atoms with Crippen molar-refractivity contribution in [3.8, 4) is 0 Å². The van der Waals surface area contributed by atoms with Crippen molar-refractivity contribution in [3.63, 3.8) is 0 Å². The highest BCUT2D eigenvalue weighted by Gasteiger charge is 2.52. The lowest BCUT2D eigenvalue weighted by Gasteiger charge is -2.28. The molecule has 0 saturated carbocycles. The fourth-order valence-electron chi connectivity index (χ4n) is 2.36. The number of carbonyl (C=O) groups excluding carboxylic acids is 1. The van der Waals surface area contributed by atoms with Crippen LogP contribution in [-0.4, -0.2) is 27.7 Å². The molecule has 0 aromatic heterocycles. The standard InChI is InChI=1S/C13H10O3/c14-11-7-3-6-10-8-4-1-2-5-9(8)12(15)13(10,11)16/h1-7,11,14,16H/t11-,13+/m0/s1. The molecule has 80 valence electrons. The number of aliphatic hydroxyl groups is 2. The van der Waals surface area contributed by atoms with E-state index in [0.29, 0.717) is 16.7 Å². The predicted octanol–water partition coefficient (Wildman–Crippen LogP) is 0.928. The molecule has 2 atom stereocenters. The Bertz CT molecular complexity index is 542. The maximum atomic E-state index is 12.1. The second-order valence-electron chi connectivity index (χ2n) is 4.05. The van der Waals surface area contributed by atoms with Crippen molar-refractivity contribution in [2.75, 3.05) is 0 Å². The van der Waals surface area contributed by atoms with Gasteiger partial charge in [0.05, 0.1) is 0 Å². The number of ketones is 1. The molecule has 2 aliphatic rings. The molecule has 3 rings (SSSR count). The zero-order valence-corrected chi connectivity index (χ0v) is 8.42. The van der Waals surface area contributed by atoms with Crippen LogP contribution in [0.5, 0.6) is 0 Å². The number of hydrogen-bond donors (Lipinski definition) is 2. The molecule has 0 spiro atoms. The van der Waals surface area contributed by atoms with Gasteiger partial charge < -0.3 is 10.2 Å². The minimum absolute atomic E-state index is 0.425. The number of rotatable bonds is 0. The SMILES string of the molecule is O=C1c2ccccc2C2=CC=C[C@H](O)[C@@]12O. The van der Waals surface area contributed by atoms with Crippen LogP contribution in [0.15, 0.2) is 42.5 Å². The summed E-state index contributed by atoms with van der Waals surface area (Å²) in [6.45, 7) is 0. The lowest BCUT2D eigenvalue weighted by molar-refractivity contribution is 0.00613. The van der Waals surface area contributed by atoms with Crippen molar-refractivity contribution in [1.82, 2.24) is 0 Å². The van der Waals surface area contributed by atoms with Crippen molar-refractivity contribution >= 4 is 11.4 Å². The van der Waals surface area contributed by atoms with Gasteiger partial charge in [-0.05, 0) is 5.56 Å². The van der Waals surface area contributed by atoms with Gasteiger partial charge in [-0.15, -0.1) is 0 Å². The van der Waals surface area contributed by atoms with E-state index in [0.717, 1.165) is 0 Å². The van der Waals surface area contributed by atoms with E-state index in [1.165, 1.54) is 6.08 Å². The van der Waals surface area contributed by atoms with Gasteiger partial charge in [-0.2, -0.15) is 0 Å². The Morgan fingerprint density at radius 3 is 2.62 bits per heavy atom. The van der Waals surface area contributed by atoms with E-state index in [-0.39, 0.29) is 0 Å². The van der Waals surface area contributed by atoms with Crippen LogP contribution in [0.2, 0.25) is 0 Å². The van der Waals surface area contributed by atoms with Gasteiger partial charge in [-0.3, -0.25) is 4.79 Å². The number of carbonyl (C=O) groups is 1. The smallest absolute Gasteiger partial charge is 0.202 e. The van der Waals surface area contributed by atoms with Crippen LogP contribution in [0.25, 0.3) is 5.57 Å². The molecule has 0 heterocycles. The Morgan fingerprint density at radius 1 is 1.19 bits per heavy atom. The van der Waals surface area contributed by atoms with Crippen molar-refractivity contribution in [1.29, 1.82) is 0 Å². The average Bonchev–Trinajstić information content (AvgIpc) is 2.53. The Labute approximate surface area is 92.3 Å². The Morgan fingerprint density at radius 2 is 1.88 bits per heavy atom. The predicted molar refractivity (Wildman–Crippen MR) is 58.8 cm³/mol. The van der Waals surface area contributed by atoms with E-state index in [9.17, 15) is 15.0 Å². The summed E-state index contributed by atoms with van der Waals surface area (Å²) < 4.78 is 0. The molecule has 0 fully saturated rings. The molecule has 0 amide bonds. The summed E-state index contributed by atoms with van der Waals surface area (Å²) in [6.07, 6.45) is 3.58. The molecular weight excluding hydrogens is 204 g/mol. The van der Waals surface area contributed by atoms with E-state index < -0.39 is 17.5 Å². The van der Waals surface area contributed by atoms with E-state index in [1.807, 2.05) is 6.07 Å². The van der Waals surface area contributed by atoms with Gasteiger partial charge in [-0.1, -0.05) is 42.5 Å². The van der Waals surface area contributed by atoms with Gasteiger partial charge in [0.2, 0.25) is 5.78 Å². The third-order valence-electron chi connectivity index (χ3n) is 3.20. The van der Waals surface area contributed by atoms with Crippen LogP contribution in [0.1, 0.15) is 15.9 Å². The Hall–Kier alpha value is -1.71. The number of benzene rings is 1. The molecule has 0 saturated heterocycles. The highest BCUT2D eigenvalue weighted by Crippen LogP contribution is 2.43. The van der Waals surface area contributed by atoms with E-state index in [1.54, 1.807) is 30.4 Å². The van der Waals surface area contributed by atoms with Crippen LogP contribution in [0.4, 0.5) is 0 Å². The summed E-state index contributed by atoms with van der Waals surface area (Å²) in [7, 11) is 0. The molecule has 0 bridgehead atoms. The van der Waals surface area contributed by atoms with Crippen molar-refractivity contribution in [2.24, 2.45) is 0 Å². The third kappa shape index (κ3) is 0.919. The number of hydrogen-bond acceptors (Lipinski definition) is 3. The van der Waals surface area contributed by atoms with Crippen molar-refractivity contribution in [3.05, 3.63) is 53.6 Å². The maximum Gasteiger partial charge on any atom is 0.202 e. The zero-order valence-electron chi connectivity index (χ0n) is 8.42. The molecule has 1 aromatic rings. The van der Waals surface area contributed by atoms with Gasteiger partial charge in [0, 0.05) is 11.1 Å². The van der Waals surface area contributed by atoms with Gasteiger partial charge in [0.15, 0.2) is 5.60 Å². The zero-order chi connectivity index (χ0) is 11.3. The largest absolute Gasteiger partial charge is 0.385 e. The number of allylic oxidation sites excluding steroid dienone is 2. The minimum Gasteiger partial charge on any atom is -0.385 e. The Kier molecular flexibility index (Phi) is 1.73. The summed E-state index contributed by atoms with van der Waals surface area (Å²) in [4.78, 5) is 12.1. The summed E-state index contributed by atoms with van der Waals surface area (Å²) in [5.74, 6) is -0.425. The molecule has 2 aliphatic carbocycles. The minimum atomic E-state index is -1.79. The van der Waals surface area contributed by atoms with Gasteiger partial charge in [-0.25, -0.2) is 0 Å². The quantitative estimate of drug-likeness (QED) is 0.675. The molecule has 0 radical (unpaired) electrons. The average molecular weight is 214 g/mol. The Balaban J connectivity index is 2.32. The number of Topliss-reactive ketones (excluding diaryl/α,β-unsaturated/α-hetero) is 1. The first kappa shape index (κ1) is 9.51. The molecule has 2 N–H and O–H groups in total. The third-order valence-corrected chi connectivity index (χ3v) is 3.20. The van der Waals surface area contributed by atoms with Crippen molar-refractivity contribution in [2.45, 2.75) is 11.7 Å².